The Morgan fingerprint density at radius 1 is 1.21 bits per heavy atom. The lowest BCUT2D eigenvalue weighted by Crippen LogP contribution is -2.05. The Labute approximate surface area is 80.2 Å². The van der Waals surface area contributed by atoms with Gasteiger partial charge in [0.1, 0.15) is 0 Å². The van der Waals surface area contributed by atoms with E-state index in [1.807, 2.05) is 0 Å². The van der Waals surface area contributed by atoms with Crippen molar-refractivity contribution in [1.29, 1.82) is 0 Å². The van der Waals surface area contributed by atoms with E-state index in [0.29, 0.717) is 5.56 Å². The minimum absolute atomic E-state index is 0.0641. The Morgan fingerprint density at radius 2 is 1.71 bits per heavy atom. The van der Waals surface area contributed by atoms with Crippen LogP contribution in [0, 0.1) is 0 Å². The molecule has 0 saturated carbocycles. The molecule has 0 amide bonds. The fourth-order valence-corrected chi connectivity index (χ4v) is 1.11. The van der Waals surface area contributed by atoms with Gasteiger partial charge in [0.05, 0.1) is 5.56 Å². The highest BCUT2D eigenvalue weighted by Gasteiger charge is 2.30. The fraction of sp³-hybridized carbons (Fsp3) is 0.400. The van der Waals surface area contributed by atoms with Gasteiger partial charge in [0.25, 0.3) is 0 Å². The van der Waals surface area contributed by atoms with Crippen LogP contribution in [0.3, 0.4) is 0 Å². The van der Waals surface area contributed by atoms with E-state index in [2.05, 4.69) is 0 Å². The number of hydrogen-bond acceptors (Lipinski definition) is 1. The Hall–Kier alpha value is -1.03. The van der Waals surface area contributed by atoms with Crippen molar-refractivity contribution in [2.75, 3.05) is 6.61 Å². The van der Waals surface area contributed by atoms with Gasteiger partial charge in [-0.05, 0) is 17.7 Å². The lowest BCUT2D eigenvalue weighted by Gasteiger charge is -2.10. The minimum Gasteiger partial charge on any atom is -0.396 e. The molecular weight excluding hydrogens is 193 g/mol. The van der Waals surface area contributed by atoms with Gasteiger partial charge in [0, 0.05) is 12.5 Å². The molecule has 0 fully saturated rings. The molecule has 0 aliphatic heterocycles. The predicted molar refractivity (Wildman–Crippen MR) is 46.9 cm³/mol. The molecule has 1 N–H and O–H groups in total. The summed E-state index contributed by atoms with van der Waals surface area (Å²) in [5.74, 6) is -0.128. The standard InChI is InChI=1S/C10H11F3O/c1-7(6-14)8-2-4-9(5-3-8)10(11,12)13/h2-5,7,14H,6H2,1H3/t7-/m1/s1. The van der Waals surface area contributed by atoms with Gasteiger partial charge in [-0.3, -0.25) is 0 Å². The van der Waals surface area contributed by atoms with Gasteiger partial charge in [-0.2, -0.15) is 13.2 Å². The minimum atomic E-state index is -4.29. The lowest BCUT2D eigenvalue weighted by atomic mass is 10.0. The molecule has 0 radical (unpaired) electrons. The summed E-state index contributed by atoms with van der Waals surface area (Å²) in [6.45, 7) is 1.69. The van der Waals surface area contributed by atoms with E-state index in [4.69, 9.17) is 5.11 Å². The topological polar surface area (TPSA) is 20.2 Å². The average molecular weight is 204 g/mol. The zero-order chi connectivity index (χ0) is 10.8. The first kappa shape index (κ1) is 11.0. The van der Waals surface area contributed by atoms with Gasteiger partial charge in [-0.1, -0.05) is 19.1 Å². The maximum absolute atomic E-state index is 12.2. The molecule has 78 valence electrons. The maximum Gasteiger partial charge on any atom is 0.416 e. The van der Waals surface area contributed by atoms with Crippen molar-refractivity contribution in [1.82, 2.24) is 0 Å². The number of alkyl halides is 3. The first-order valence-electron chi connectivity index (χ1n) is 4.23. The molecule has 0 saturated heterocycles. The first-order chi connectivity index (χ1) is 6.45. The van der Waals surface area contributed by atoms with Crippen molar-refractivity contribution in [2.24, 2.45) is 0 Å². The molecule has 1 aromatic rings. The quantitative estimate of drug-likeness (QED) is 0.785. The third-order valence-electron chi connectivity index (χ3n) is 2.08. The number of hydrogen-bond donors (Lipinski definition) is 1. The molecule has 0 heterocycles. The number of aliphatic hydroxyl groups is 1. The van der Waals surface area contributed by atoms with Crippen LogP contribution < -0.4 is 0 Å². The highest BCUT2D eigenvalue weighted by atomic mass is 19.4. The zero-order valence-electron chi connectivity index (χ0n) is 7.67. The van der Waals surface area contributed by atoms with Gasteiger partial charge in [-0.25, -0.2) is 0 Å². The van der Waals surface area contributed by atoms with Gasteiger partial charge >= 0.3 is 6.18 Å². The third kappa shape index (κ3) is 2.48. The Morgan fingerprint density at radius 3 is 2.07 bits per heavy atom. The van der Waals surface area contributed by atoms with Gasteiger partial charge in [0.15, 0.2) is 0 Å². The summed E-state index contributed by atoms with van der Waals surface area (Å²) in [6.07, 6.45) is -4.29. The highest BCUT2D eigenvalue weighted by Crippen LogP contribution is 2.29. The second-order valence-electron chi connectivity index (χ2n) is 3.20. The largest absolute Gasteiger partial charge is 0.416 e. The van der Waals surface area contributed by atoms with Crippen LogP contribution in [-0.2, 0) is 6.18 Å². The molecule has 1 nitrogen and oxygen atoms in total. The smallest absolute Gasteiger partial charge is 0.396 e. The summed E-state index contributed by atoms with van der Waals surface area (Å²) in [7, 11) is 0. The number of rotatable bonds is 2. The Balaban J connectivity index is 2.89. The van der Waals surface area contributed by atoms with E-state index >= 15 is 0 Å². The van der Waals surface area contributed by atoms with Crippen molar-refractivity contribution in [3.63, 3.8) is 0 Å². The van der Waals surface area contributed by atoms with Crippen LogP contribution in [0.1, 0.15) is 24.0 Å². The van der Waals surface area contributed by atoms with E-state index in [1.54, 1.807) is 6.92 Å². The zero-order valence-corrected chi connectivity index (χ0v) is 7.67. The van der Waals surface area contributed by atoms with Crippen molar-refractivity contribution in [3.8, 4) is 0 Å². The Kier molecular flexibility index (Phi) is 3.16. The normalized spacial score (nSPS) is 14.1. The Bertz CT molecular complexity index is 289. The molecule has 0 aliphatic carbocycles. The van der Waals surface area contributed by atoms with Crippen molar-refractivity contribution in [2.45, 2.75) is 19.0 Å². The van der Waals surface area contributed by atoms with Crippen LogP contribution in [0.25, 0.3) is 0 Å². The second-order valence-corrected chi connectivity index (χ2v) is 3.20. The summed E-state index contributed by atoms with van der Waals surface area (Å²) >= 11 is 0. The van der Waals surface area contributed by atoms with Crippen LogP contribution in [0.4, 0.5) is 13.2 Å². The number of aliphatic hydroxyl groups excluding tert-OH is 1. The van der Waals surface area contributed by atoms with Crippen LogP contribution >= 0.6 is 0 Å². The molecule has 4 heteroatoms. The molecule has 14 heavy (non-hydrogen) atoms. The van der Waals surface area contributed by atoms with E-state index in [9.17, 15) is 13.2 Å². The first-order valence-corrected chi connectivity index (χ1v) is 4.23. The van der Waals surface area contributed by atoms with E-state index in [-0.39, 0.29) is 12.5 Å². The summed E-state index contributed by atoms with van der Waals surface area (Å²) < 4.78 is 36.5. The van der Waals surface area contributed by atoms with Crippen LogP contribution in [0.5, 0.6) is 0 Å². The molecule has 0 aliphatic rings. The van der Waals surface area contributed by atoms with Crippen LogP contribution in [0.15, 0.2) is 24.3 Å². The summed E-state index contributed by atoms with van der Waals surface area (Å²) in [6, 6.07) is 4.84. The van der Waals surface area contributed by atoms with Crippen LogP contribution in [0.2, 0.25) is 0 Å². The van der Waals surface area contributed by atoms with Gasteiger partial charge < -0.3 is 5.11 Å². The van der Waals surface area contributed by atoms with Crippen molar-refractivity contribution >= 4 is 0 Å². The van der Waals surface area contributed by atoms with Crippen molar-refractivity contribution < 1.29 is 18.3 Å². The SMILES string of the molecule is C[C@H](CO)c1ccc(C(F)(F)F)cc1. The summed E-state index contributed by atoms with van der Waals surface area (Å²) in [5, 5.41) is 8.80. The molecule has 1 aromatic carbocycles. The number of halogens is 3. The summed E-state index contributed by atoms with van der Waals surface area (Å²) in [5.41, 5.74) is 0.0480. The molecule has 0 spiro atoms. The van der Waals surface area contributed by atoms with E-state index in [0.717, 1.165) is 12.1 Å². The van der Waals surface area contributed by atoms with Crippen molar-refractivity contribution in [3.05, 3.63) is 35.4 Å². The maximum atomic E-state index is 12.2. The molecule has 0 bridgehead atoms. The van der Waals surface area contributed by atoms with Gasteiger partial charge in [-0.15, -0.1) is 0 Å². The van der Waals surface area contributed by atoms with Gasteiger partial charge in [0.2, 0.25) is 0 Å². The summed E-state index contributed by atoms with van der Waals surface area (Å²) in [4.78, 5) is 0. The number of benzene rings is 1. The monoisotopic (exact) mass is 204 g/mol. The van der Waals surface area contributed by atoms with E-state index < -0.39 is 11.7 Å². The third-order valence-corrected chi connectivity index (χ3v) is 2.08. The second kappa shape index (κ2) is 4.00. The molecular formula is C10H11F3O. The highest BCUT2D eigenvalue weighted by molar-refractivity contribution is 5.26. The molecule has 0 unspecified atom stereocenters. The molecule has 1 rings (SSSR count). The van der Waals surface area contributed by atoms with Crippen LogP contribution in [-0.4, -0.2) is 11.7 Å². The van der Waals surface area contributed by atoms with E-state index in [1.165, 1.54) is 12.1 Å². The predicted octanol–water partition coefficient (Wildman–Crippen LogP) is 2.80. The molecule has 1 atom stereocenters. The fourth-order valence-electron chi connectivity index (χ4n) is 1.11. The lowest BCUT2D eigenvalue weighted by molar-refractivity contribution is -0.137. The average Bonchev–Trinajstić information content (AvgIpc) is 2.15. The molecule has 0 aromatic heterocycles.